The average molecular weight is 463 g/mol. The summed E-state index contributed by atoms with van der Waals surface area (Å²) in [5, 5.41) is 9.58. The van der Waals surface area contributed by atoms with Crippen molar-refractivity contribution in [3.05, 3.63) is 105 Å². The fraction of sp³-hybridized carbons (Fsp3) is 0.125. The van der Waals surface area contributed by atoms with Gasteiger partial charge in [0.05, 0.1) is 22.4 Å². The van der Waals surface area contributed by atoms with Gasteiger partial charge in [-0.05, 0) is 48.4 Å². The second-order valence-corrected chi connectivity index (χ2v) is 9.30. The molecule has 5 aromatic rings. The number of thiazole rings is 1. The lowest BCUT2D eigenvalue weighted by molar-refractivity contribution is 0.626. The highest BCUT2D eigenvalue weighted by Gasteiger charge is 2.18. The molecular formula is C24H19FN4OS2. The second kappa shape index (κ2) is 8.72. The first-order valence-electron chi connectivity index (χ1n) is 10.1. The highest BCUT2D eigenvalue weighted by atomic mass is 32.2. The molecule has 2 heterocycles. The maximum absolute atomic E-state index is 13.6. The summed E-state index contributed by atoms with van der Waals surface area (Å²) in [7, 11) is 0. The highest BCUT2D eigenvalue weighted by molar-refractivity contribution is 7.98. The van der Waals surface area contributed by atoms with Crippen LogP contribution in [-0.4, -0.2) is 19.3 Å². The third kappa shape index (κ3) is 3.99. The minimum atomic E-state index is -0.257. The molecule has 160 valence electrons. The topological polar surface area (TPSA) is 52.7 Å². The van der Waals surface area contributed by atoms with Gasteiger partial charge in [0.2, 0.25) is 0 Å². The van der Waals surface area contributed by atoms with Crippen LogP contribution in [0, 0.1) is 12.7 Å². The summed E-state index contributed by atoms with van der Waals surface area (Å²) in [5.74, 6) is 0.975. The van der Waals surface area contributed by atoms with Crippen LogP contribution in [0.3, 0.4) is 0 Å². The maximum atomic E-state index is 13.6. The molecule has 0 fully saturated rings. The molecule has 32 heavy (non-hydrogen) atoms. The second-order valence-electron chi connectivity index (χ2n) is 7.36. The number of rotatable bonds is 6. The number of thioether (sulfide) groups is 1. The van der Waals surface area contributed by atoms with Gasteiger partial charge < -0.3 is 0 Å². The summed E-state index contributed by atoms with van der Waals surface area (Å²) in [4.78, 5) is 12.7. The van der Waals surface area contributed by atoms with Gasteiger partial charge in [-0.15, -0.1) is 10.2 Å². The number of hydrogen-bond acceptors (Lipinski definition) is 5. The van der Waals surface area contributed by atoms with Gasteiger partial charge in [-0.1, -0.05) is 65.6 Å². The van der Waals surface area contributed by atoms with Crippen LogP contribution in [0.25, 0.3) is 15.9 Å². The van der Waals surface area contributed by atoms with E-state index >= 15 is 0 Å². The van der Waals surface area contributed by atoms with Crippen LogP contribution in [0.2, 0.25) is 0 Å². The zero-order valence-electron chi connectivity index (χ0n) is 17.2. The van der Waals surface area contributed by atoms with Crippen molar-refractivity contribution in [3.8, 4) is 5.69 Å². The van der Waals surface area contributed by atoms with Crippen molar-refractivity contribution in [1.82, 2.24) is 19.3 Å². The van der Waals surface area contributed by atoms with E-state index in [0.717, 1.165) is 27.0 Å². The number of hydrogen-bond donors (Lipinski definition) is 0. The molecule has 8 heteroatoms. The van der Waals surface area contributed by atoms with Gasteiger partial charge in [-0.2, -0.15) is 0 Å². The summed E-state index contributed by atoms with van der Waals surface area (Å²) in [5.41, 5.74) is 3.79. The van der Waals surface area contributed by atoms with E-state index in [1.165, 1.54) is 35.2 Å². The molecule has 0 aliphatic rings. The Bertz CT molecular complexity index is 1470. The van der Waals surface area contributed by atoms with E-state index in [1.807, 2.05) is 66.1 Å². The van der Waals surface area contributed by atoms with Gasteiger partial charge in [0, 0.05) is 5.75 Å². The molecule has 2 aromatic heterocycles. The number of para-hydroxylation sites is 2. The summed E-state index contributed by atoms with van der Waals surface area (Å²) in [6.07, 6.45) is 0. The Morgan fingerprint density at radius 1 is 1.00 bits per heavy atom. The molecule has 0 saturated heterocycles. The molecule has 0 amide bonds. The van der Waals surface area contributed by atoms with Gasteiger partial charge in [-0.25, -0.2) is 4.39 Å². The molecule has 0 saturated carbocycles. The van der Waals surface area contributed by atoms with Crippen LogP contribution in [0.1, 0.15) is 17.0 Å². The van der Waals surface area contributed by atoms with E-state index in [2.05, 4.69) is 10.2 Å². The van der Waals surface area contributed by atoms with E-state index in [4.69, 9.17) is 0 Å². The first-order valence-corrected chi connectivity index (χ1v) is 11.9. The molecule has 5 rings (SSSR count). The SMILES string of the molecule is Cc1ccccc1-n1c(Cn2c(=O)sc3ccccc32)nnc1SCc1cccc(F)c1. The van der Waals surface area contributed by atoms with Crippen molar-refractivity contribution in [2.24, 2.45) is 0 Å². The quantitative estimate of drug-likeness (QED) is 0.316. The number of halogens is 1. The normalized spacial score (nSPS) is 11.3. The van der Waals surface area contributed by atoms with Crippen molar-refractivity contribution in [2.75, 3.05) is 0 Å². The van der Waals surface area contributed by atoms with Gasteiger partial charge in [0.15, 0.2) is 11.0 Å². The van der Waals surface area contributed by atoms with Crippen LogP contribution in [0.5, 0.6) is 0 Å². The number of fused-ring (bicyclic) bond motifs is 1. The van der Waals surface area contributed by atoms with Crippen molar-refractivity contribution in [1.29, 1.82) is 0 Å². The summed E-state index contributed by atoms with van der Waals surface area (Å²) < 4.78 is 18.3. The molecule has 0 aliphatic carbocycles. The molecule has 0 atom stereocenters. The van der Waals surface area contributed by atoms with E-state index in [-0.39, 0.29) is 10.7 Å². The minimum absolute atomic E-state index is 0.0282. The maximum Gasteiger partial charge on any atom is 0.308 e. The van der Waals surface area contributed by atoms with Crippen LogP contribution < -0.4 is 4.87 Å². The first-order chi connectivity index (χ1) is 15.6. The van der Waals surface area contributed by atoms with Crippen molar-refractivity contribution < 1.29 is 4.39 Å². The molecular weight excluding hydrogens is 443 g/mol. The Kier molecular flexibility index (Phi) is 5.63. The Morgan fingerprint density at radius 3 is 2.66 bits per heavy atom. The summed E-state index contributed by atoms with van der Waals surface area (Å²) in [6.45, 7) is 2.34. The number of nitrogens with zero attached hydrogens (tertiary/aromatic N) is 4. The van der Waals surface area contributed by atoms with Gasteiger partial charge >= 0.3 is 4.87 Å². The minimum Gasteiger partial charge on any atom is -0.291 e. The predicted octanol–water partition coefficient (Wildman–Crippen LogP) is 5.43. The van der Waals surface area contributed by atoms with Crippen molar-refractivity contribution >= 4 is 33.3 Å². The fourth-order valence-corrected chi connectivity index (χ4v) is 5.43. The zero-order valence-corrected chi connectivity index (χ0v) is 18.9. The first kappa shape index (κ1) is 20.7. The largest absolute Gasteiger partial charge is 0.308 e. The number of aromatic nitrogens is 4. The van der Waals surface area contributed by atoms with Crippen molar-refractivity contribution in [3.63, 3.8) is 0 Å². The van der Waals surface area contributed by atoms with Crippen LogP contribution in [0.4, 0.5) is 4.39 Å². The Morgan fingerprint density at radius 2 is 1.81 bits per heavy atom. The smallest absolute Gasteiger partial charge is 0.291 e. The van der Waals surface area contributed by atoms with Gasteiger partial charge in [0.25, 0.3) is 0 Å². The lowest BCUT2D eigenvalue weighted by Crippen LogP contribution is -2.17. The Hall–Kier alpha value is -3.23. The molecule has 0 spiro atoms. The molecule has 0 N–H and O–H groups in total. The Labute approximate surface area is 192 Å². The summed E-state index contributed by atoms with van der Waals surface area (Å²) in [6, 6.07) is 22.3. The third-order valence-electron chi connectivity index (χ3n) is 5.19. The van der Waals surface area contributed by atoms with Crippen LogP contribution >= 0.6 is 23.1 Å². The molecule has 3 aromatic carbocycles. The van der Waals surface area contributed by atoms with E-state index < -0.39 is 0 Å². The lowest BCUT2D eigenvalue weighted by Gasteiger charge is -2.13. The molecule has 0 aliphatic heterocycles. The van der Waals surface area contributed by atoms with Crippen LogP contribution in [0.15, 0.2) is 82.7 Å². The number of aryl methyl sites for hydroxylation is 1. The third-order valence-corrected chi connectivity index (χ3v) is 7.15. The fourth-order valence-electron chi connectivity index (χ4n) is 3.63. The monoisotopic (exact) mass is 462 g/mol. The van der Waals surface area contributed by atoms with E-state index in [1.54, 1.807) is 10.6 Å². The molecule has 0 radical (unpaired) electrons. The van der Waals surface area contributed by atoms with Crippen LogP contribution in [-0.2, 0) is 12.3 Å². The standard InChI is InChI=1S/C24H19FN4OS2/c1-16-7-2-3-10-19(16)29-22(14-28-20-11-4-5-12-21(20)32-24(28)30)26-27-23(29)31-15-17-8-6-9-18(25)13-17/h2-13H,14-15H2,1H3. The number of benzene rings is 3. The van der Waals surface area contributed by atoms with E-state index in [0.29, 0.717) is 23.3 Å². The van der Waals surface area contributed by atoms with E-state index in [9.17, 15) is 9.18 Å². The lowest BCUT2D eigenvalue weighted by atomic mass is 10.2. The van der Waals surface area contributed by atoms with Gasteiger partial charge in [0.1, 0.15) is 5.82 Å². The predicted molar refractivity (Wildman–Crippen MR) is 127 cm³/mol. The average Bonchev–Trinajstić information content (AvgIpc) is 3.33. The summed E-state index contributed by atoms with van der Waals surface area (Å²) >= 11 is 2.72. The Balaban J connectivity index is 1.56. The highest BCUT2D eigenvalue weighted by Crippen LogP contribution is 2.28. The molecule has 0 bridgehead atoms. The molecule has 0 unspecified atom stereocenters. The van der Waals surface area contributed by atoms with Crippen molar-refractivity contribution in [2.45, 2.75) is 24.4 Å². The van der Waals surface area contributed by atoms with Gasteiger partial charge in [-0.3, -0.25) is 13.9 Å². The zero-order chi connectivity index (χ0) is 22.1. The molecule has 5 nitrogen and oxygen atoms in total.